The lowest BCUT2D eigenvalue weighted by Gasteiger charge is -1.93. The third-order valence-corrected chi connectivity index (χ3v) is 4.09. The van der Waals surface area contributed by atoms with Gasteiger partial charge < -0.3 is 20.8 Å². The first-order valence-corrected chi connectivity index (χ1v) is 5.56. The van der Waals surface area contributed by atoms with E-state index in [1.54, 1.807) is 0 Å². The van der Waals surface area contributed by atoms with E-state index in [9.17, 15) is 0 Å². The van der Waals surface area contributed by atoms with Crippen molar-refractivity contribution >= 4 is 24.8 Å². The average molecular weight is 271 g/mol. The lowest BCUT2D eigenvalue weighted by molar-refractivity contribution is 0.236. The number of hydrogen-bond donors (Lipinski definition) is 4. The van der Waals surface area contributed by atoms with E-state index in [2.05, 4.69) is 10.6 Å². The average Bonchev–Trinajstić information content (AvgIpc) is 2.92. The fourth-order valence-corrected chi connectivity index (χ4v) is 2.77. The summed E-state index contributed by atoms with van der Waals surface area (Å²) in [5.41, 5.74) is 0. The van der Waals surface area contributed by atoms with Crippen molar-refractivity contribution < 1.29 is 10.2 Å². The van der Waals surface area contributed by atoms with Crippen molar-refractivity contribution in [3.05, 3.63) is 0 Å². The molecule has 4 fully saturated rings. The summed E-state index contributed by atoms with van der Waals surface area (Å²) < 4.78 is 0. The lowest BCUT2D eigenvalue weighted by atomic mass is 10.4. The van der Waals surface area contributed by atoms with E-state index in [4.69, 9.17) is 10.2 Å². The van der Waals surface area contributed by atoms with Gasteiger partial charge in [-0.15, -0.1) is 24.8 Å². The van der Waals surface area contributed by atoms with Gasteiger partial charge in [-0.3, -0.25) is 0 Å². The molecule has 2 heterocycles. The van der Waals surface area contributed by atoms with Crippen LogP contribution in [0.1, 0.15) is 0 Å². The molecule has 0 amide bonds. The van der Waals surface area contributed by atoms with Gasteiger partial charge in [-0.05, 0) is 0 Å². The maximum Gasteiger partial charge on any atom is 0.0629 e. The standard InChI is InChI=1S/2C5H9NO.2ClH/c2*7-5-3-1-6-2-4(3)5;;/h2*3-7H,1-2H2;2*1H/t2*3-,4+,5?;;. The summed E-state index contributed by atoms with van der Waals surface area (Å²) in [7, 11) is 0. The molecular weight excluding hydrogens is 251 g/mol. The summed E-state index contributed by atoms with van der Waals surface area (Å²) in [4.78, 5) is 0. The second-order valence-corrected chi connectivity index (χ2v) is 4.95. The van der Waals surface area contributed by atoms with Crippen LogP contribution in [0.5, 0.6) is 0 Å². The van der Waals surface area contributed by atoms with Crippen molar-refractivity contribution in [2.24, 2.45) is 23.7 Å². The number of nitrogens with one attached hydrogen (secondary N) is 2. The van der Waals surface area contributed by atoms with Gasteiger partial charge in [0.2, 0.25) is 0 Å². The van der Waals surface area contributed by atoms with Gasteiger partial charge >= 0.3 is 0 Å². The molecular formula is C10H20Cl2N2O2. The molecule has 2 unspecified atom stereocenters. The molecule has 2 saturated heterocycles. The van der Waals surface area contributed by atoms with Crippen LogP contribution in [0.3, 0.4) is 0 Å². The van der Waals surface area contributed by atoms with Gasteiger partial charge in [0.05, 0.1) is 12.2 Å². The third kappa shape index (κ3) is 2.47. The zero-order chi connectivity index (χ0) is 9.71. The Kier molecular flexibility index (Phi) is 4.87. The van der Waals surface area contributed by atoms with Gasteiger partial charge in [0.1, 0.15) is 0 Å². The first kappa shape index (κ1) is 14.5. The number of aliphatic hydroxyl groups is 2. The molecule has 2 aliphatic heterocycles. The zero-order valence-corrected chi connectivity index (χ0v) is 10.6. The van der Waals surface area contributed by atoms with E-state index in [1.807, 2.05) is 0 Å². The third-order valence-electron chi connectivity index (χ3n) is 4.09. The second kappa shape index (κ2) is 5.38. The number of halogens is 2. The van der Waals surface area contributed by atoms with Crippen LogP contribution in [-0.2, 0) is 0 Å². The van der Waals surface area contributed by atoms with Crippen LogP contribution in [0.15, 0.2) is 0 Å². The Balaban J connectivity index is 0.000000142. The van der Waals surface area contributed by atoms with Gasteiger partial charge in [0.25, 0.3) is 0 Å². The van der Waals surface area contributed by atoms with Crippen molar-refractivity contribution in [1.29, 1.82) is 0 Å². The van der Waals surface area contributed by atoms with Crippen LogP contribution in [0.2, 0.25) is 0 Å². The minimum atomic E-state index is 0. The van der Waals surface area contributed by atoms with Crippen molar-refractivity contribution in [3.8, 4) is 0 Å². The van der Waals surface area contributed by atoms with E-state index in [-0.39, 0.29) is 37.0 Å². The summed E-state index contributed by atoms with van der Waals surface area (Å²) in [6.07, 6.45) is 0.113. The maximum absolute atomic E-state index is 8.91. The minimum Gasteiger partial charge on any atom is -0.392 e. The molecule has 0 aromatic rings. The molecule has 4 aliphatic rings. The highest BCUT2D eigenvalue weighted by atomic mass is 35.5. The molecule has 0 aromatic heterocycles. The highest BCUT2D eigenvalue weighted by Gasteiger charge is 2.52. The highest BCUT2D eigenvalue weighted by Crippen LogP contribution is 2.41. The quantitative estimate of drug-likeness (QED) is 0.467. The Morgan fingerprint density at radius 1 is 0.625 bits per heavy atom. The molecule has 2 saturated carbocycles. The molecule has 6 heteroatoms. The van der Waals surface area contributed by atoms with Gasteiger partial charge in [0, 0.05) is 49.9 Å². The highest BCUT2D eigenvalue weighted by molar-refractivity contribution is 5.85. The van der Waals surface area contributed by atoms with Gasteiger partial charge in [-0.2, -0.15) is 0 Å². The summed E-state index contributed by atoms with van der Waals surface area (Å²) in [6, 6.07) is 0. The molecule has 96 valence electrons. The van der Waals surface area contributed by atoms with Crippen molar-refractivity contribution in [1.82, 2.24) is 10.6 Å². The summed E-state index contributed by atoms with van der Waals surface area (Å²) >= 11 is 0. The van der Waals surface area contributed by atoms with E-state index in [0.29, 0.717) is 23.7 Å². The van der Waals surface area contributed by atoms with Gasteiger partial charge in [-0.1, -0.05) is 0 Å². The van der Waals surface area contributed by atoms with Crippen molar-refractivity contribution in [2.45, 2.75) is 12.2 Å². The fourth-order valence-electron chi connectivity index (χ4n) is 2.77. The molecule has 0 bridgehead atoms. The number of hydrogen-bond acceptors (Lipinski definition) is 4. The van der Waals surface area contributed by atoms with E-state index < -0.39 is 0 Å². The second-order valence-electron chi connectivity index (χ2n) is 4.95. The number of fused-ring (bicyclic) bond motifs is 2. The molecule has 6 atom stereocenters. The Hall–Kier alpha value is 0.420. The fraction of sp³-hybridized carbons (Fsp3) is 1.00. The smallest absolute Gasteiger partial charge is 0.0629 e. The monoisotopic (exact) mass is 270 g/mol. The summed E-state index contributed by atoms with van der Waals surface area (Å²) in [5, 5.41) is 24.2. The van der Waals surface area contributed by atoms with Crippen LogP contribution >= 0.6 is 24.8 Å². The summed E-state index contributed by atoms with van der Waals surface area (Å²) in [6.45, 7) is 4.19. The Labute approximate surface area is 108 Å². The summed E-state index contributed by atoms with van der Waals surface area (Å²) in [5.74, 6) is 2.50. The molecule has 16 heavy (non-hydrogen) atoms. The number of aliphatic hydroxyl groups excluding tert-OH is 2. The normalized spacial score (nSPS) is 49.9. The first-order chi connectivity index (χ1) is 6.79. The topological polar surface area (TPSA) is 64.5 Å². The van der Waals surface area contributed by atoms with Crippen LogP contribution < -0.4 is 10.6 Å². The largest absolute Gasteiger partial charge is 0.392 e. The van der Waals surface area contributed by atoms with Crippen LogP contribution in [0.4, 0.5) is 0 Å². The molecule has 4 rings (SSSR count). The zero-order valence-electron chi connectivity index (χ0n) is 9.00. The Morgan fingerprint density at radius 2 is 0.875 bits per heavy atom. The Bertz CT molecular complexity index is 201. The minimum absolute atomic E-state index is 0. The predicted molar refractivity (Wildman–Crippen MR) is 66.2 cm³/mol. The SMILES string of the molecule is Cl.Cl.OC1[C@H]2CNC[C@@H]12.OC1[C@H]2CNC[C@@H]12. The van der Waals surface area contributed by atoms with E-state index >= 15 is 0 Å². The maximum atomic E-state index is 8.91. The van der Waals surface area contributed by atoms with Crippen molar-refractivity contribution in [3.63, 3.8) is 0 Å². The van der Waals surface area contributed by atoms with Gasteiger partial charge in [0.15, 0.2) is 0 Å². The lowest BCUT2D eigenvalue weighted by Crippen LogP contribution is -2.16. The first-order valence-electron chi connectivity index (χ1n) is 5.56. The molecule has 0 radical (unpaired) electrons. The molecule has 4 nitrogen and oxygen atoms in total. The van der Waals surface area contributed by atoms with E-state index in [0.717, 1.165) is 26.2 Å². The molecule has 2 aliphatic carbocycles. The predicted octanol–water partition coefficient (Wildman–Crippen LogP) is -0.763. The van der Waals surface area contributed by atoms with Crippen LogP contribution in [-0.4, -0.2) is 48.6 Å². The van der Waals surface area contributed by atoms with Crippen LogP contribution in [0.25, 0.3) is 0 Å². The number of piperidine rings is 2. The number of rotatable bonds is 0. The molecule has 0 aromatic carbocycles. The van der Waals surface area contributed by atoms with Crippen LogP contribution in [0, 0.1) is 23.7 Å². The molecule has 0 spiro atoms. The molecule has 4 N–H and O–H groups in total. The van der Waals surface area contributed by atoms with Gasteiger partial charge in [-0.25, -0.2) is 0 Å². The van der Waals surface area contributed by atoms with Crippen molar-refractivity contribution in [2.75, 3.05) is 26.2 Å². The Morgan fingerprint density at radius 3 is 1.00 bits per heavy atom. The van der Waals surface area contributed by atoms with E-state index in [1.165, 1.54) is 0 Å².